The Morgan fingerprint density at radius 2 is 2.12 bits per heavy atom. The summed E-state index contributed by atoms with van der Waals surface area (Å²) in [5, 5.41) is 0.808. The highest BCUT2D eigenvalue weighted by atomic mass is 16.8. The Morgan fingerprint density at radius 3 is 2.76 bits per heavy atom. The van der Waals surface area contributed by atoms with E-state index in [0.717, 1.165) is 10.9 Å². The molecular weight excluding hydrogens is 320 g/mol. The molecule has 2 fully saturated rings. The van der Waals surface area contributed by atoms with Gasteiger partial charge in [0, 0.05) is 11.8 Å². The Kier molecular flexibility index (Phi) is 2.64. The van der Waals surface area contributed by atoms with Gasteiger partial charge in [0.25, 0.3) is 0 Å². The van der Waals surface area contributed by atoms with E-state index >= 15 is 0 Å². The molecule has 4 unspecified atom stereocenters. The Bertz CT molecular complexity index is 991. The topological polar surface area (TPSA) is 61.2 Å². The van der Waals surface area contributed by atoms with Crippen molar-refractivity contribution in [2.75, 3.05) is 6.61 Å². The van der Waals surface area contributed by atoms with Crippen LogP contribution >= 0.6 is 0 Å². The van der Waals surface area contributed by atoms with Gasteiger partial charge in [0.1, 0.15) is 16.9 Å². The third-order valence-electron chi connectivity index (χ3n) is 5.89. The van der Waals surface area contributed by atoms with E-state index in [1.807, 2.05) is 32.9 Å². The minimum absolute atomic E-state index is 0.140. The highest BCUT2D eigenvalue weighted by molar-refractivity contribution is 5.88. The number of epoxide rings is 1. The van der Waals surface area contributed by atoms with Crippen molar-refractivity contribution in [3.8, 4) is 5.75 Å². The van der Waals surface area contributed by atoms with Gasteiger partial charge in [-0.05, 0) is 25.5 Å². The van der Waals surface area contributed by atoms with Gasteiger partial charge in [-0.3, -0.25) is 0 Å². The number of benzene rings is 1. The number of ether oxygens (including phenoxy) is 3. The van der Waals surface area contributed by atoms with E-state index in [1.165, 1.54) is 0 Å². The Labute approximate surface area is 145 Å². The molecular formula is C20H20O5. The summed E-state index contributed by atoms with van der Waals surface area (Å²) in [5.74, 6) is -0.356. The molecule has 2 aromatic rings. The van der Waals surface area contributed by atoms with Crippen molar-refractivity contribution in [3.05, 3.63) is 52.4 Å². The summed E-state index contributed by atoms with van der Waals surface area (Å²) in [6.45, 7) is 10.4. The van der Waals surface area contributed by atoms with Crippen molar-refractivity contribution in [2.24, 2.45) is 0 Å². The minimum Gasteiger partial charge on any atom is -0.458 e. The van der Waals surface area contributed by atoms with Crippen molar-refractivity contribution in [1.29, 1.82) is 0 Å². The van der Waals surface area contributed by atoms with E-state index in [4.69, 9.17) is 18.6 Å². The largest absolute Gasteiger partial charge is 0.458 e. The second kappa shape index (κ2) is 4.34. The van der Waals surface area contributed by atoms with E-state index in [2.05, 4.69) is 6.58 Å². The summed E-state index contributed by atoms with van der Waals surface area (Å²) in [6, 6.07) is 5.63. The van der Waals surface area contributed by atoms with Gasteiger partial charge < -0.3 is 18.6 Å². The molecule has 130 valence electrons. The maximum atomic E-state index is 12.8. The molecule has 3 aliphatic rings. The Hall–Kier alpha value is -2.11. The molecule has 5 nitrogen and oxygen atoms in total. The van der Waals surface area contributed by atoms with Crippen LogP contribution in [0.2, 0.25) is 0 Å². The lowest BCUT2D eigenvalue weighted by atomic mass is 9.73. The van der Waals surface area contributed by atoms with Crippen LogP contribution in [0.3, 0.4) is 0 Å². The molecule has 4 atom stereocenters. The smallest absolute Gasteiger partial charge is 0.344 e. The lowest BCUT2D eigenvalue weighted by molar-refractivity contribution is -0.207. The van der Waals surface area contributed by atoms with Crippen LogP contribution in [0.1, 0.15) is 31.4 Å². The van der Waals surface area contributed by atoms with Crippen molar-refractivity contribution >= 4 is 11.0 Å². The molecule has 1 spiro atoms. The van der Waals surface area contributed by atoms with Crippen molar-refractivity contribution in [1.82, 2.24) is 0 Å². The van der Waals surface area contributed by atoms with Gasteiger partial charge in [0.05, 0.1) is 17.6 Å². The number of aryl methyl sites for hydroxylation is 1. The van der Waals surface area contributed by atoms with Crippen LogP contribution in [0, 0.1) is 6.92 Å². The molecule has 0 radical (unpaired) electrons. The highest BCUT2D eigenvalue weighted by Gasteiger charge is 2.74. The van der Waals surface area contributed by atoms with E-state index in [9.17, 15) is 4.79 Å². The van der Waals surface area contributed by atoms with Crippen LogP contribution < -0.4 is 10.4 Å². The Balaban J connectivity index is 1.84. The van der Waals surface area contributed by atoms with Crippen molar-refractivity contribution in [3.63, 3.8) is 0 Å². The maximum Gasteiger partial charge on any atom is 0.344 e. The molecule has 1 aromatic carbocycles. The molecule has 1 aromatic heterocycles. The first-order chi connectivity index (χ1) is 11.8. The fraction of sp³-hybridized carbons (Fsp3) is 0.450. The molecule has 4 heterocycles. The quantitative estimate of drug-likeness (QED) is 0.453. The van der Waals surface area contributed by atoms with Crippen LogP contribution in [0.4, 0.5) is 0 Å². The SMILES string of the molecule is C=CC1(C)CC2(OCC3(C)OC32)Oc2c1c(=O)oc1cccc(C)c21. The average Bonchev–Trinajstić information content (AvgIpc) is 3.19. The van der Waals surface area contributed by atoms with E-state index in [1.54, 1.807) is 12.1 Å². The standard InChI is InChI=1S/C20H20O5/c1-5-18(3)9-20(17-19(4,25-17)10-22-20)24-15-13-11(2)7-6-8-12(13)23-16(21)14(15)18/h5-8,17H,1,9-10H2,2-4H3. The molecule has 2 saturated heterocycles. The number of allylic oxidation sites excluding steroid dienone is 1. The summed E-state index contributed by atoms with van der Waals surface area (Å²) >= 11 is 0. The monoisotopic (exact) mass is 340 g/mol. The summed E-state index contributed by atoms with van der Waals surface area (Å²) in [6.07, 6.45) is 2.12. The number of fused-ring (bicyclic) bond motifs is 5. The fourth-order valence-corrected chi connectivity index (χ4v) is 4.43. The second-order valence-electron chi connectivity index (χ2n) is 7.85. The summed E-state index contributed by atoms with van der Waals surface area (Å²) < 4.78 is 24.0. The zero-order valence-corrected chi connectivity index (χ0v) is 14.5. The van der Waals surface area contributed by atoms with Crippen LogP contribution in [0.15, 0.2) is 40.1 Å². The predicted molar refractivity (Wildman–Crippen MR) is 92.0 cm³/mol. The normalized spacial score (nSPS) is 38.3. The molecule has 0 N–H and O–H groups in total. The third kappa shape index (κ3) is 1.77. The number of hydrogen-bond donors (Lipinski definition) is 0. The molecule has 0 amide bonds. The molecule has 0 bridgehead atoms. The van der Waals surface area contributed by atoms with Gasteiger partial charge in [-0.1, -0.05) is 25.1 Å². The highest BCUT2D eigenvalue weighted by Crippen LogP contribution is 2.59. The van der Waals surface area contributed by atoms with Gasteiger partial charge in [-0.2, -0.15) is 0 Å². The predicted octanol–water partition coefficient (Wildman–Crippen LogP) is 3.21. The first kappa shape index (κ1) is 15.2. The van der Waals surface area contributed by atoms with Gasteiger partial charge in [-0.15, -0.1) is 6.58 Å². The van der Waals surface area contributed by atoms with Crippen molar-refractivity contribution < 1.29 is 18.6 Å². The van der Waals surface area contributed by atoms with Crippen molar-refractivity contribution in [2.45, 2.75) is 50.1 Å². The van der Waals surface area contributed by atoms with Gasteiger partial charge >= 0.3 is 5.63 Å². The zero-order chi connectivity index (χ0) is 17.6. The van der Waals surface area contributed by atoms with Crippen LogP contribution in [-0.4, -0.2) is 24.1 Å². The first-order valence-corrected chi connectivity index (χ1v) is 8.53. The lowest BCUT2D eigenvalue weighted by Crippen LogP contribution is -2.52. The zero-order valence-electron chi connectivity index (χ0n) is 14.5. The summed E-state index contributed by atoms with van der Waals surface area (Å²) in [5.41, 5.74) is 0.699. The molecule has 3 aliphatic heterocycles. The number of hydrogen-bond acceptors (Lipinski definition) is 5. The molecule has 0 aliphatic carbocycles. The van der Waals surface area contributed by atoms with Crippen LogP contribution in [0.5, 0.6) is 5.75 Å². The summed E-state index contributed by atoms with van der Waals surface area (Å²) in [4.78, 5) is 12.8. The first-order valence-electron chi connectivity index (χ1n) is 8.53. The molecule has 5 heteroatoms. The fourth-order valence-electron chi connectivity index (χ4n) is 4.43. The van der Waals surface area contributed by atoms with Crippen LogP contribution in [-0.2, 0) is 14.9 Å². The van der Waals surface area contributed by atoms with Crippen LogP contribution in [0.25, 0.3) is 11.0 Å². The Morgan fingerprint density at radius 1 is 1.32 bits per heavy atom. The van der Waals surface area contributed by atoms with Gasteiger partial charge in [0.2, 0.25) is 5.79 Å². The number of rotatable bonds is 1. The maximum absolute atomic E-state index is 12.8. The van der Waals surface area contributed by atoms with E-state index in [0.29, 0.717) is 29.9 Å². The minimum atomic E-state index is -0.895. The van der Waals surface area contributed by atoms with E-state index in [-0.39, 0.29) is 17.3 Å². The third-order valence-corrected chi connectivity index (χ3v) is 5.89. The molecule has 25 heavy (non-hydrogen) atoms. The van der Waals surface area contributed by atoms with Gasteiger partial charge in [-0.25, -0.2) is 4.79 Å². The second-order valence-corrected chi connectivity index (χ2v) is 7.85. The average molecular weight is 340 g/mol. The van der Waals surface area contributed by atoms with E-state index < -0.39 is 11.2 Å². The summed E-state index contributed by atoms with van der Waals surface area (Å²) in [7, 11) is 0. The molecule has 5 rings (SSSR count). The van der Waals surface area contributed by atoms with Gasteiger partial charge in [0.15, 0.2) is 6.10 Å². The lowest BCUT2D eigenvalue weighted by Gasteiger charge is -2.43. The molecule has 0 saturated carbocycles.